The maximum Gasteiger partial charge on any atom is 0.198 e. The molecule has 0 atom stereocenters. The minimum Gasteiger partial charge on any atom is -0.316 e. The summed E-state index contributed by atoms with van der Waals surface area (Å²) < 4.78 is 0. The van der Waals surface area contributed by atoms with Crippen molar-refractivity contribution in [2.45, 2.75) is 19.3 Å². The van der Waals surface area contributed by atoms with Crippen LogP contribution in [0.25, 0.3) is 0 Å². The zero-order valence-corrected chi connectivity index (χ0v) is 8.33. The molecule has 14 heavy (non-hydrogen) atoms. The highest BCUT2D eigenvalue weighted by Gasteiger charge is 1.91. The van der Waals surface area contributed by atoms with Crippen LogP contribution in [-0.2, 0) is 11.2 Å². The van der Waals surface area contributed by atoms with E-state index >= 15 is 0 Å². The highest BCUT2D eigenvalue weighted by molar-refractivity contribution is 5.50. The van der Waals surface area contributed by atoms with Gasteiger partial charge in [0.25, 0.3) is 0 Å². The molecule has 1 aromatic rings. The molecule has 1 aromatic carbocycles. The fourth-order valence-electron chi connectivity index (χ4n) is 1.29. The van der Waals surface area contributed by atoms with Crippen LogP contribution >= 0.6 is 0 Å². The standard InChI is InChI=1S/C12H16NO/c14-11-5-4-9-13-10-8-12-6-2-1-3-7-12/h1-3,6-7,13H,4-5,8-10H2. The second kappa shape index (κ2) is 7.27. The van der Waals surface area contributed by atoms with Gasteiger partial charge in [-0.15, -0.1) is 0 Å². The zero-order valence-electron chi connectivity index (χ0n) is 8.33. The number of unbranched alkanes of at least 4 members (excludes halogenated alkanes) is 1. The minimum atomic E-state index is 0.540. The molecule has 0 spiro atoms. The van der Waals surface area contributed by atoms with Gasteiger partial charge in [-0.25, -0.2) is 0 Å². The van der Waals surface area contributed by atoms with Gasteiger partial charge < -0.3 is 5.32 Å². The van der Waals surface area contributed by atoms with Crippen molar-refractivity contribution in [3.63, 3.8) is 0 Å². The van der Waals surface area contributed by atoms with Gasteiger partial charge >= 0.3 is 0 Å². The summed E-state index contributed by atoms with van der Waals surface area (Å²) >= 11 is 0. The normalized spacial score (nSPS) is 10.0. The first-order valence-electron chi connectivity index (χ1n) is 5.03. The molecule has 2 nitrogen and oxygen atoms in total. The van der Waals surface area contributed by atoms with Crippen LogP contribution in [0, 0.1) is 0 Å². The third-order valence-electron chi connectivity index (χ3n) is 2.07. The molecule has 0 unspecified atom stereocenters. The molecule has 0 aliphatic carbocycles. The van der Waals surface area contributed by atoms with E-state index < -0.39 is 0 Å². The van der Waals surface area contributed by atoms with Crippen LogP contribution in [0.1, 0.15) is 18.4 Å². The van der Waals surface area contributed by atoms with E-state index in [0.717, 1.165) is 25.9 Å². The van der Waals surface area contributed by atoms with E-state index in [1.54, 1.807) is 0 Å². The summed E-state index contributed by atoms with van der Waals surface area (Å²) in [6.45, 7) is 1.88. The Morgan fingerprint density at radius 3 is 2.64 bits per heavy atom. The minimum absolute atomic E-state index is 0.540. The smallest absolute Gasteiger partial charge is 0.198 e. The van der Waals surface area contributed by atoms with Crippen molar-refractivity contribution < 1.29 is 4.79 Å². The molecule has 1 radical (unpaired) electrons. The topological polar surface area (TPSA) is 29.1 Å². The fraction of sp³-hybridized carbons (Fsp3) is 0.417. The summed E-state index contributed by atoms with van der Waals surface area (Å²) in [5.41, 5.74) is 1.35. The van der Waals surface area contributed by atoms with Gasteiger partial charge in [-0.3, -0.25) is 4.79 Å². The van der Waals surface area contributed by atoms with E-state index in [4.69, 9.17) is 0 Å². The van der Waals surface area contributed by atoms with E-state index in [9.17, 15) is 4.79 Å². The molecule has 0 fully saturated rings. The van der Waals surface area contributed by atoms with Crippen LogP contribution in [-0.4, -0.2) is 19.4 Å². The lowest BCUT2D eigenvalue weighted by atomic mass is 10.1. The molecule has 0 saturated carbocycles. The number of hydrogen-bond donors (Lipinski definition) is 1. The van der Waals surface area contributed by atoms with Crippen molar-refractivity contribution >= 4 is 6.29 Å². The van der Waals surface area contributed by atoms with Crippen molar-refractivity contribution in [1.29, 1.82) is 0 Å². The molecule has 1 rings (SSSR count). The first kappa shape index (κ1) is 10.9. The van der Waals surface area contributed by atoms with Crippen LogP contribution in [0.5, 0.6) is 0 Å². The predicted octanol–water partition coefficient (Wildman–Crippen LogP) is 1.71. The molecule has 0 heterocycles. The van der Waals surface area contributed by atoms with Crippen LogP contribution < -0.4 is 5.32 Å². The van der Waals surface area contributed by atoms with Gasteiger partial charge in [0.1, 0.15) is 0 Å². The van der Waals surface area contributed by atoms with Crippen molar-refractivity contribution in [3.8, 4) is 0 Å². The Bertz CT molecular complexity index is 246. The van der Waals surface area contributed by atoms with Crippen LogP contribution in [0.15, 0.2) is 30.3 Å². The van der Waals surface area contributed by atoms with Gasteiger partial charge in [-0.1, -0.05) is 30.3 Å². The van der Waals surface area contributed by atoms with E-state index in [1.165, 1.54) is 5.56 Å². The Balaban J connectivity index is 2.02. The molecule has 0 amide bonds. The number of benzene rings is 1. The number of rotatable bonds is 7. The van der Waals surface area contributed by atoms with Gasteiger partial charge in [-0.05, 0) is 31.5 Å². The molecule has 75 valence electrons. The van der Waals surface area contributed by atoms with Crippen molar-refractivity contribution in [1.82, 2.24) is 5.32 Å². The summed E-state index contributed by atoms with van der Waals surface area (Å²) in [4.78, 5) is 9.91. The summed E-state index contributed by atoms with van der Waals surface area (Å²) in [6.07, 6.45) is 4.36. The molecule has 0 aromatic heterocycles. The maximum absolute atomic E-state index is 9.91. The number of nitrogens with one attached hydrogen (secondary N) is 1. The molecule has 2 heteroatoms. The van der Waals surface area contributed by atoms with Crippen LogP contribution in [0.3, 0.4) is 0 Å². The Hall–Kier alpha value is -1.15. The summed E-state index contributed by atoms with van der Waals surface area (Å²) in [7, 11) is 0. The average molecular weight is 190 g/mol. The lowest BCUT2D eigenvalue weighted by molar-refractivity contribution is 0.545. The van der Waals surface area contributed by atoms with Crippen LogP contribution in [0.4, 0.5) is 0 Å². The van der Waals surface area contributed by atoms with E-state index in [0.29, 0.717) is 6.42 Å². The molecular weight excluding hydrogens is 174 g/mol. The highest BCUT2D eigenvalue weighted by atomic mass is 16.1. The zero-order chi connectivity index (χ0) is 10.1. The lowest BCUT2D eigenvalue weighted by Gasteiger charge is -2.02. The first-order valence-corrected chi connectivity index (χ1v) is 5.03. The Morgan fingerprint density at radius 1 is 1.14 bits per heavy atom. The Kier molecular flexibility index (Phi) is 5.68. The van der Waals surface area contributed by atoms with Gasteiger partial charge in [0.2, 0.25) is 0 Å². The second-order valence-electron chi connectivity index (χ2n) is 3.23. The van der Waals surface area contributed by atoms with E-state index in [2.05, 4.69) is 29.6 Å². The van der Waals surface area contributed by atoms with Crippen molar-refractivity contribution in [2.75, 3.05) is 13.1 Å². The Morgan fingerprint density at radius 2 is 1.93 bits per heavy atom. The molecule has 0 saturated heterocycles. The van der Waals surface area contributed by atoms with E-state index in [1.807, 2.05) is 12.4 Å². The summed E-state index contributed by atoms with van der Waals surface area (Å²) in [5.74, 6) is 0. The fourth-order valence-corrected chi connectivity index (χ4v) is 1.29. The van der Waals surface area contributed by atoms with Gasteiger partial charge in [0, 0.05) is 6.42 Å². The molecule has 0 aliphatic rings. The second-order valence-corrected chi connectivity index (χ2v) is 3.23. The van der Waals surface area contributed by atoms with Crippen molar-refractivity contribution in [2.24, 2.45) is 0 Å². The summed E-state index contributed by atoms with van der Waals surface area (Å²) in [6, 6.07) is 10.4. The quantitative estimate of drug-likeness (QED) is 0.663. The van der Waals surface area contributed by atoms with Crippen LogP contribution in [0.2, 0.25) is 0 Å². The molecule has 0 bridgehead atoms. The maximum atomic E-state index is 9.91. The third kappa shape index (κ3) is 4.77. The number of hydrogen-bond acceptors (Lipinski definition) is 2. The largest absolute Gasteiger partial charge is 0.316 e. The van der Waals surface area contributed by atoms with Gasteiger partial charge in [-0.2, -0.15) is 0 Å². The SMILES string of the molecule is O=[C]CCCNCCc1ccccc1. The number of carbonyl (C=O) groups excluding carboxylic acids is 1. The Labute approximate surface area is 85.3 Å². The van der Waals surface area contributed by atoms with Crippen molar-refractivity contribution in [3.05, 3.63) is 35.9 Å². The third-order valence-corrected chi connectivity index (χ3v) is 2.07. The van der Waals surface area contributed by atoms with Gasteiger partial charge in [0.05, 0.1) is 0 Å². The average Bonchev–Trinajstić information content (AvgIpc) is 2.25. The van der Waals surface area contributed by atoms with E-state index in [-0.39, 0.29) is 0 Å². The van der Waals surface area contributed by atoms with Gasteiger partial charge in [0.15, 0.2) is 6.29 Å². The summed E-state index contributed by atoms with van der Waals surface area (Å²) in [5, 5.41) is 3.29. The molecule has 0 aliphatic heterocycles. The predicted molar refractivity (Wildman–Crippen MR) is 57.9 cm³/mol. The highest BCUT2D eigenvalue weighted by Crippen LogP contribution is 1.97. The monoisotopic (exact) mass is 190 g/mol. The first-order chi connectivity index (χ1) is 6.93. The molecular formula is C12H16NO. The molecule has 1 N–H and O–H groups in total. The lowest BCUT2D eigenvalue weighted by Crippen LogP contribution is -2.18.